The fourth-order valence-electron chi connectivity index (χ4n) is 3.04. The summed E-state index contributed by atoms with van der Waals surface area (Å²) in [5.41, 5.74) is 3.01. The molecule has 0 fully saturated rings. The van der Waals surface area contributed by atoms with Gasteiger partial charge in [-0.15, -0.1) is 0 Å². The van der Waals surface area contributed by atoms with E-state index in [1.54, 1.807) is 0 Å². The third-order valence-corrected chi connectivity index (χ3v) is 4.86. The highest BCUT2D eigenvalue weighted by Gasteiger charge is 2.24. The molecule has 2 heteroatoms. The SMILES string of the molecule is CC(C)CCCC(C)NC1CCc2c(Br)cccc21. The van der Waals surface area contributed by atoms with Crippen LogP contribution in [0.2, 0.25) is 0 Å². The van der Waals surface area contributed by atoms with Crippen LogP contribution < -0.4 is 5.32 Å². The first-order chi connectivity index (χ1) is 9.08. The van der Waals surface area contributed by atoms with E-state index in [1.807, 2.05) is 0 Å². The molecule has 0 saturated carbocycles. The van der Waals surface area contributed by atoms with E-state index >= 15 is 0 Å². The normalized spacial score (nSPS) is 19.7. The van der Waals surface area contributed by atoms with Crippen LogP contribution in [0.15, 0.2) is 22.7 Å². The van der Waals surface area contributed by atoms with Crippen molar-refractivity contribution in [3.63, 3.8) is 0 Å². The zero-order chi connectivity index (χ0) is 13.8. The van der Waals surface area contributed by atoms with Crippen molar-refractivity contribution in [3.05, 3.63) is 33.8 Å². The molecule has 0 amide bonds. The molecule has 0 aromatic heterocycles. The third kappa shape index (κ3) is 4.06. The number of benzene rings is 1. The molecule has 0 spiro atoms. The Balaban J connectivity index is 1.87. The minimum atomic E-state index is 0.557. The van der Waals surface area contributed by atoms with Crippen LogP contribution in [0.3, 0.4) is 0 Å². The van der Waals surface area contributed by atoms with E-state index in [1.165, 1.54) is 47.7 Å². The summed E-state index contributed by atoms with van der Waals surface area (Å²) >= 11 is 3.67. The Labute approximate surface area is 126 Å². The Morgan fingerprint density at radius 3 is 2.79 bits per heavy atom. The summed E-state index contributed by atoms with van der Waals surface area (Å²) in [6, 6.07) is 7.78. The van der Waals surface area contributed by atoms with Crippen LogP contribution in [0, 0.1) is 5.92 Å². The molecule has 1 aromatic carbocycles. The second-order valence-corrected chi connectivity index (χ2v) is 7.15. The van der Waals surface area contributed by atoms with Crippen LogP contribution in [-0.4, -0.2) is 6.04 Å². The van der Waals surface area contributed by atoms with Crippen molar-refractivity contribution in [2.75, 3.05) is 0 Å². The summed E-state index contributed by atoms with van der Waals surface area (Å²) in [7, 11) is 0. The molecule has 2 unspecified atom stereocenters. The highest BCUT2D eigenvalue weighted by molar-refractivity contribution is 9.10. The molecule has 0 heterocycles. The minimum absolute atomic E-state index is 0.557. The van der Waals surface area contributed by atoms with Gasteiger partial charge in [0, 0.05) is 16.6 Å². The molecule has 1 nitrogen and oxygen atoms in total. The van der Waals surface area contributed by atoms with Crippen molar-refractivity contribution in [2.24, 2.45) is 5.92 Å². The highest BCUT2D eigenvalue weighted by atomic mass is 79.9. The van der Waals surface area contributed by atoms with Gasteiger partial charge in [0.1, 0.15) is 0 Å². The van der Waals surface area contributed by atoms with Gasteiger partial charge >= 0.3 is 0 Å². The van der Waals surface area contributed by atoms with E-state index in [0.29, 0.717) is 12.1 Å². The van der Waals surface area contributed by atoms with Gasteiger partial charge in [-0.3, -0.25) is 0 Å². The lowest BCUT2D eigenvalue weighted by atomic mass is 10.0. The van der Waals surface area contributed by atoms with Crippen LogP contribution in [0.1, 0.15) is 63.6 Å². The van der Waals surface area contributed by atoms with Crippen LogP contribution in [0.5, 0.6) is 0 Å². The van der Waals surface area contributed by atoms with Gasteiger partial charge in [-0.25, -0.2) is 0 Å². The van der Waals surface area contributed by atoms with Gasteiger partial charge in [-0.05, 0) is 49.3 Å². The van der Waals surface area contributed by atoms with E-state index < -0.39 is 0 Å². The summed E-state index contributed by atoms with van der Waals surface area (Å²) < 4.78 is 1.28. The van der Waals surface area contributed by atoms with Crippen molar-refractivity contribution >= 4 is 15.9 Å². The molecule has 0 radical (unpaired) electrons. The van der Waals surface area contributed by atoms with Crippen LogP contribution in [0.4, 0.5) is 0 Å². The number of rotatable bonds is 6. The summed E-state index contributed by atoms with van der Waals surface area (Å²) in [5, 5.41) is 3.82. The summed E-state index contributed by atoms with van der Waals surface area (Å²) in [6.07, 6.45) is 6.42. The predicted molar refractivity (Wildman–Crippen MR) is 86.5 cm³/mol. The fraction of sp³-hybridized carbons (Fsp3) is 0.647. The average molecular weight is 324 g/mol. The first kappa shape index (κ1) is 15.1. The number of halogens is 1. The quantitative estimate of drug-likeness (QED) is 0.754. The van der Waals surface area contributed by atoms with Crippen LogP contribution in [-0.2, 0) is 6.42 Å². The van der Waals surface area contributed by atoms with Crippen LogP contribution >= 0.6 is 15.9 Å². The van der Waals surface area contributed by atoms with Crippen LogP contribution in [0.25, 0.3) is 0 Å². The van der Waals surface area contributed by atoms with Crippen molar-refractivity contribution in [1.82, 2.24) is 5.32 Å². The molecule has 1 aliphatic rings. The standard InChI is InChI=1S/C17H26BrN/c1-12(2)6-4-7-13(3)19-17-11-10-14-15(17)8-5-9-16(14)18/h5,8-9,12-13,17,19H,4,6-7,10-11H2,1-3H3. The largest absolute Gasteiger partial charge is 0.307 e. The third-order valence-electron chi connectivity index (χ3n) is 4.12. The van der Waals surface area contributed by atoms with E-state index in [0.717, 1.165) is 5.92 Å². The molecule has 0 aliphatic heterocycles. The molecule has 1 aliphatic carbocycles. The molecule has 1 N–H and O–H groups in total. The van der Waals surface area contributed by atoms with Gasteiger partial charge in [-0.2, -0.15) is 0 Å². The van der Waals surface area contributed by atoms with Gasteiger partial charge in [0.25, 0.3) is 0 Å². The summed E-state index contributed by atoms with van der Waals surface area (Å²) in [5.74, 6) is 0.829. The molecule has 106 valence electrons. The lowest BCUT2D eigenvalue weighted by Gasteiger charge is -2.21. The Morgan fingerprint density at radius 2 is 2.05 bits per heavy atom. The van der Waals surface area contributed by atoms with Gasteiger partial charge in [0.15, 0.2) is 0 Å². The van der Waals surface area contributed by atoms with Crippen molar-refractivity contribution < 1.29 is 0 Å². The van der Waals surface area contributed by atoms with Crippen molar-refractivity contribution in [2.45, 2.75) is 65.0 Å². The first-order valence-electron chi connectivity index (χ1n) is 7.61. The topological polar surface area (TPSA) is 12.0 Å². The number of fused-ring (bicyclic) bond motifs is 1. The van der Waals surface area contributed by atoms with E-state index in [4.69, 9.17) is 0 Å². The smallest absolute Gasteiger partial charge is 0.0328 e. The molecule has 2 atom stereocenters. The van der Waals surface area contributed by atoms with Crippen molar-refractivity contribution in [3.8, 4) is 0 Å². The zero-order valence-electron chi connectivity index (χ0n) is 12.4. The van der Waals surface area contributed by atoms with Gasteiger partial charge in [-0.1, -0.05) is 54.8 Å². The maximum atomic E-state index is 3.82. The van der Waals surface area contributed by atoms with E-state index in [2.05, 4.69) is 60.2 Å². The maximum Gasteiger partial charge on any atom is 0.0328 e. The summed E-state index contributed by atoms with van der Waals surface area (Å²) in [4.78, 5) is 0. The monoisotopic (exact) mass is 323 g/mol. The Morgan fingerprint density at radius 1 is 1.26 bits per heavy atom. The zero-order valence-corrected chi connectivity index (χ0v) is 14.0. The predicted octanol–water partition coefficient (Wildman–Crippen LogP) is 5.24. The molecule has 19 heavy (non-hydrogen) atoms. The second-order valence-electron chi connectivity index (χ2n) is 6.29. The number of nitrogens with one attached hydrogen (secondary N) is 1. The maximum absolute atomic E-state index is 3.82. The van der Waals surface area contributed by atoms with Gasteiger partial charge < -0.3 is 5.32 Å². The summed E-state index contributed by atoms with van der Waals surface area (Å²) in [6.45, 7) is 6.95. The molecule has 0 saturated heterocycles. The molecular formula is C17H26BrN. The highest BCUT2D eigenvalue weighted by Crippen LogP contribution is 2.35. The second kappa shape index (κ2) is 6.90. The number of hydrogen-bond donors (Lipinski definition) is 1. The van der Waals surface area contributed by atoms with Crippen molar-refractivity contribution in [1.29, 1.82) is 0 Å². The van der Waals surface area contributed by atoms with Gasteiger partial charge in [0.05, 0.1) is 0 Å². The molecule has 2 rings (SSSR count). The minimum Gasteiger partial charge on any atom is -0.307 e. The fourth-order valence-corrected chi connectivity index (χ4v) is 3.62. The van der Waals surface area contributed by atoms with Gasteiger partial charge in [0.2, 0.25) is 0 Å². The molecule has 1 aromatic rings. The first-order valence-corrected chi connectivity index (χ1v) is 8.40. The lowest BCUT2D eigenvalue weighted by molar-refractivity contribution is 0.409. The molecular weight excluding hydrogens is 298 g/mol. The molecule has 0 bridgehead atoms. The van der Waals surface area contributed by atoms with E-state index in [9.17, 15) is 0 Å². The Hall–Kier alpha value is -0.340. The number of hydrogen-bond acceptors (Lipinski definition) is 1. The Bertz CT molecular complexity index is 414. The Kier molecular flexibility index (Phi) is 5.47. The lowest BCUT2D eigenvalue weighted by Crippen LogP contribution is -2.29. The average Bonchev–Trinajstić information content (AvgIpc) is 2.73. The van der Waals surface area contributed by atoms with E-state index in [-0.39, 0.29) is 0 Å².